The normalized spacial score (nSPS) is 15.3. The molecule has 1 aromatic heterocycles. The van der Waals surface area contributed by atoms with Gasteiger partial charge in [-0.3, -0.25) is 0 Å². The van der Waals surface area contributed by atoms with Gasteiger partial charge in [-0.1, -0.05) is 11.3 Å². The molecule has 2 N–H and O–H groups in total. The number of nitrogens with zero attached hydrogens (tertiary/aromatic N) is 1. The fourth-order valence-electron chi connectivity index (χ4n) is 1.43. The van der Waals surface area contributed by atoms with Gasteiger partial charge < -0.3 is 10.6 Å². The van der Waals surface area contributed by atoms with E-state index < -0.39 is 0 Å². The van der Waals surface area contributed by atoms with Gasteiger partial charge in [0.2, 0.25) is 0 Å². The molecule has 0 radical (unpaired) electrons. The van der Waals surface area contributed by atoms with Crippen molar-refractivity contribution in [1.82, 2.24) is 4.98 Å². The molecule has 0 saturated heterocycles. The minimum absolute atomic E-state index is 0.465. The van der Waals surface area contributed by atoms with Crippen molar-refractivity contribution in [1.29, 1.82) is 0 Å². The number of anilines is 2. The minimum atomic E-state index is 0.465. The van der Waals surface area contributed by atoms with Gasteiger partial charge in [-0.15, -0.1) is 0 Å². The van der Waals surface area contributed by atoms with Crippen LogP contribution in [0.5, 0.6) is 0 Å². The molecule has 0 fully saturated rings. The third-order valence-corrected chi connectivity index (χ3v) is 2.97. The molecule has 0 amide bonds. The Morgan fingerprint density at radius 2 is 2.38 bits per heavy atom. The lowest BCUT2D eigenvalue weighted by molar-refractivity contribution is 0.811. The lowest BCUT2D eigenvalue weighted by Gasteiger charge is -2.10. The molecule has 2 heterocycles. The Morgan fingerprint density at radius 3 is 3.08 bits per heavy atom. The number of hydrogen-bond donors (Lipinski definition) is 2. The molecule has 4 heteroatoms. The molecule has 1 aliphatic rings. The zero-order chi connectivity index (χ0) is 9.26. The van der Waals surface area contributed by atoms with Gasteiger partial charge in [0.1, 0.15) is 5.00 Å². The van der Waals surface area contributed by atoms with Crippen molar-refractivity contribution in [3.63, 3.8) is 0 Å². The molecule has 2 rings (SSSR count). The number of fused-ring (bicyclic) bond motifs is 1. The van der Waals surface area contributed by atoms with Crippen molar-refractivity contribution in [3.8, 4) is 0 Å². The topological polar surface area (TPSA) is 37.0 Å². The number of rotatable bonds is 2. The lowest BCUT2D eigenvalue weighted by Crippen LogP contribution is -2.10. The summed E-state index contributed by atoms with van der Waals surface area (Å²) in [7, 11) is 0. The van der Waals surface area contributed by atoms with Crippen molar-refractivity contribution in [2.75, 3.05) is 17.2 Å². The number of nitrogens with one attached hydrogen (secondary N) is 2. The molecular weight excluding hydrogens is 182 g/mol. The molecule has 72 valence electrons. The van der Waals surface area contributed by atoms with Crippen LogP contribution in [0.2, 0.25) is 0 Å². The average Bonchev–Trinajstić information content (AvgIpc) is 2.44. The Hall–Kier alpha value is -0.770. The summed E-state index contributed by atoms with van der Waals surface area (Å²) in [6, 6.07) is 0.465. The summed E-state index contributed by atoms with van der Waals surface area (Å²) < 4.78 is 0. The van der Waals surface area contributed by atoms with Gasteiger partial charge in [-0.25, -0.2) is 4.98 Å². The monoisotopic (exact) mass is 197 g/mol. The second-order valence-electron chi connectivity index (χ2n) is 3.62. The third kappa shape index (κ3) is 1.94. The number of thiazole rings is 1. The summed E-state index contributed by atoms with van der Waals surface area (Å²) in [5.74, 6) is 0. The van der Waals surface area contributed by atoms with Crippen LogP contribution in [0.1, 0.15) is 26.0 Å². The van der Waals surface area contributed by atoms with E-state index in [0.717, 1.165) is 18.1 Å². The number of aryl methyl sites for hydroxylation is 1. The first-order chi connectivity index (χ1) is 6.25. The highest BCUT2D eigenvalue weighted by molar-refractivity contribution is 7.19. The van der Waals surface area contributed by atoms with Crippen LogP contribution in [-0.4, -0.2) is 17.6 Å². The summed E-state index contributed by atoms with van der Waals surface area (Å²) >= 11 is 1.73. The molecule has 3 nitrogen and oxygen atoms in total. The fourth-order valence-corrected chi connectivity index (χ4v) is 2.51. The Labute approximate surface area is 82.6 Å². The smallest absolute Gasteiger partial charge is 0.185 e. The summed E-state index contributed by atoms with van der Waals surface area (Å²) in [5, 5.41) is 9.01. The zero-order valence-corrected chi connectivity index (χ0v) is 8.87. The zero-order valence-electron chi connectivity index (χ0n) is 8.05. The highest BCUT2D eigenvalue weighted by Crippen LogP contribution is 2.31. The Bertz CT molecular complexity index is 270. The summed E-state index contributed by atoms with van der Waals surface area (Å²) in [6.45, 7) is 5.36. The van der Waals surface area contributed by atoms with E-state index in [2.05, 4.69) is 29.5 Å². The first-order valence-electron chi connectivity index (χ1n) is 4.76. The quantitative estimate of drug-likeness (QED) is 0.764. The van der Waals surface area contributed by atoms with E-state index in [1.807, 2.05) is 0 Å². The molecular formula is C9H15N3S. The van der Waals surface area contributed by atoms with E-state index >= 15 is 0 Å². The van der Waals surface area contributed by atoms with Gasteiger partial charge in [-0.2, -0.15) is 0 Å². The standard InChI is InChI=1S/C9H15N3S/c1-6(2)11-9-12-7-4-3-5-10-8(7)13-9/h6,10H,3-5H2,1-2H3,(H,11,12). The van der Waals surface area contributed by atoms with Crippen LogP contribution in [-0.2, 0) is 6.42 Å². The molecule has 0 aromatic carbocycles. The van der Waals surface area contributed by atoms with Crippen LogP contribution < -0.4 is 10.6 Å². The molecule has 0 spiro atoms. The second-order valence-corrected chi connectivity index (χ2v) is 4.62. The first-order valence-corrected chi connectivity index (χ1v) is 5.57. The van der Waals surface area contributed by atoms with Crippen LogP contribution >= 0.6 is 11.3 Å². The van der Waals surface area contributed by atoms with E-state index in [0.29, 0.717) is 6.04 Å². The molecule has 0 aliphatic carbocycles. The minimum Gasteiger partial charge on any atom is -0.375 e. The molecule has 13 heavy (non-hydrogen) atoms. The van der Waals surface area contributed by atoms with Gasteiger partial charge in [-0.05, 0) is 26.7 Å². The Kier molecular flexibility index (Phi) is 2.40. The first kappa shape index (κ1) is 8.81. The van der Waals surface area contributed by atoms with Crippen LogP contribution in [0, 0.1) is 0 Å². The maximum absolute atomic E-state index is 4.54. The van der Waals surface area contributed by atoms with Gasteiger partial charge in [0, 0.05) is 12.6 Å². The van der Waals surface area contributed by atoms with E-state index in [9.17, 15) is 0 Å². The molecule has 0 atom stereocenters. The number of hydrogen-bond acceptors (Lipinski definition) is 4. The molecule has 1 aromatic rings. The Balaban J connectivity index is 2.15. The summed E-state index contributed by atoms with van der Waals surface area (Å²) in [5.41, 5.74) is 1.24. The highest BCUT2D eigenvalue weighted by atomic mass is 32.1. The summed E-state index contributed by atoms with van der Waals surface area (Å²) in [6.07, 6.45) is 2.33. The van der Waals surface area contributed by atoms with E-state index in [1.165, 1.54) is 17.1 Å². The Morgan fingerprint density at radius 1 is 1.54 bits per heavy atom. The van der Waals surface area contributed by atoms with E-state index in [-0.39, 0.29) is 0 Å². The van der Waals surface area contributed by atoms with Crippen molar-refractivity contribution < 1.29 is 0 Å². The van der Waals surface area contributed by atoms with E-state index in [4.69, 9.17) is 0 Å². The highest BCUT2D eigenvalue weighted by Gasteiger charge is 2.14. The van der Waals surface area contributed by atoms with Gasteiger partial charge in [0.25, 0.3) is 0 Å². The third-order valence-electron chi connectivity index (χ3n) is 1.99. The molecule has 0 bridgehead atoms. The maximum Gasteiger partial charge on any atom is 0.185 e. The van der Waals surface area contributed by atoms with Gasteiger partial charge in [0.05, 0.1) is 5.69 Å². The molecule has 0 unspecified atom stereocenters. The van der Waals surface area contributed by atoms with Crippen LogP contribution in [0.25, 0.3) is 0 Å². The van der Waals surface area contributed by atoms with E-state index in [1.54, 1.807) is 11.3 Å². The lowest BCUT2D eigenvalue weighted by atomic mass is 10.2. The largest absolute Gasteiger partial charge is 0.375 e. The SMILES string of the molecule is CC(C)Nc1nc2c(s1)NCCC2. The fraction of sp³-hybridized carbons (Fsp3) is 0.667. The average molecular weight is 197 g/mol. The molecule has 0 saturated carbocycles. The van der Waals surface area contributed by atoms with Gasteiger partial charge >= 0.3 is 0 Å². The number of aromatic nitrogens is 1. The van der Waals surface area contributed by atoms with Crippen molar-refractivity contribution in [2.45, 2.75) is 32.7 Å². The second kappa shape index (κ2) is 3.54. The van der Waals surface area contributed by atoms with Crippen LogP contribution in [0.15, 0.2) is 0 Å². The van der Waals surface area contributed by atoms with Crippen LogP contribution in [0.4, 0.5) is 10.1 Å². The predicted octanol–water partition coefficient (Wildman–Crippen LogP) is 2.32. The molecule has 1 aliphatic heterocycles. The van der Waals surface area contributed by atoms with Gasteiger partial charge in [0.15, 0.2) is 5.13 Å². The summed E-state index contributed by atoms with van der Waals surface area (Å²) in [4.78, 5) is 4.54. The van der Waals surface area contributed by atoms with Crippen molar-refractivity contribution >= 4 is 21.5 Å². The van der Waals surface area contributed by atoms with Crippen molar-refractivity contribution in [3.05, 3.63) is 5.69 Å². The van der Waals surface area contributed by atoms with Crippen LogP contribution in [0.3, 0.4) is 0 Å². The predicted molar refractivity (Wildman–Crippen MR) is 57.7 cm³/mol. The maximum atomic E-state index is 4.54. The van der Waals surface area contributed by atoms with Crippen molar-refractivity contribution in [2.24, 2.45) is 0 Å².